The Morgan fingerprint density at radius 3 is 2.96 bits per heavy atom. The molecule has 0 saturated carbocycles. The molecule has 1 N–H and O–H groups in total. The molecule has 2 aromatic rings. The zero-order chi connectivity index (χ0) is 17.8. The first-order valence-electron chi connectivity index (χ1n) is 9.04. The van der Waals surface area contributed by atoms with E-state index in [1.165, 1.54) is 5.69 Å². The molecule has 0 radical (unpaired) electrons. The lowest BCUT2D eigenvalue weighted by atomic mass is 10.0. The lowest BCUT2D eigenvalue weighted by Gasteiger charge is -2.26. The van der Waals surface area contributed by atoms with E-state index in [0.717, 1.165) is 43.9 Å². The van der Waals surface area contributed by atoms with Gasteiger partial charge < -0.3 is 9.72 Å². The Labute approximate surface area is 148 Å². The number of carbonyl (C=O) groups excluding carboxylic acids is 1. The summed E-state index contributed by atoms with van der Waals surface area (Å²) in [6.45, 7) is 9.81. The van der Waals surface area contributed by atoms with Gasteiger partial charge >= 0.3 is 5.97 Å². The number of nitrogens with one attached hydrogen (secondary N) is 1. The Hall–Kier alpha value is -2.15. The topological polar surface area (TPSA) is 76.0 Å². The summed E-state index contributed by atoms with van der Waals surface area (Å²) in [5, 5.41) is 4.61. The van der Waals surface area contributed by atoms with E-state index in [0.29, 0.717) is 24.8 Å². The van der Waals surface area contributed by atoms with Crippen LogP contribution in [0.1, 0.15) is 54.8 Å². The molecule has 0 atom stereocenters. The van der Waals surface area contributed by atoms with Gasteiger partial charge in [-0.25, -0.2) is 9.78 Å². The van der Waals surface area contributed by atoms with Crippen LogP contribution in [0.15, 0.2) is 12.4 Å². The van der Waals surface area contributed by atoms with Crippen molar-refractivity contribution in [2.45, 2.75) is 53.2 Å². The normalized spacial score (nSPS) is 14.7. The summed E-state index contributed by atoms with van der Waals surface area (Å²) in [5.74, 6) is 1.22. The van der Waals surface area contributed by atoms with Gasteiger partial charge in [-0.3, -0.25) is 9.58 Å². The fourth-order valence-corrected chi connectivity index (χ4v) is 3.21. The molecule has 136 valence electrons. The molecule has 7 heteroatoms. The standard InChI is InChI=1S/C18H27N5O2/c1-4-25-18(24)17-14-11-22(12-16-19-7-8-20-16)9-6-15(14)23(21-17)10-5-13(2)3/h7-8,13H,4-6,9-12H2,1-3H3,(H,19,20). The number of esters is 1. The molecule has 25 heavy (non-hydrogen) atoms. The number of ether oxygens (including phenoxy) is 1. The summed E-state index contributed by atoms with van der Waals surface area (Å²) in [5.41, 5.74) is 2.67. The Balaban J connectivity index is 1.83. The van der Waals surface area contributed by atoms with E-state index < -0.39 is 0 Å². The van der Waals surface area contributed by atoms with Gasteiger partial charge in [0.1, 0.15) is 5.82 Å². The molecule has 1 aliphatic rings. The molecule has 2 aromatic heterocycles. The van der Waals surface area contributed by atoms with Crippen LogP contribution in [0.3, 0.4) is 0 Å². The number of H-pyrrole nitrogens is 1. The summed E-state index contributed by atoms with van der Waals surface area (Å²) in [7, 11) is 0. The van der Waals surface area contributed by atoms with Crippen LogP contribution in [0.25, 0.3) is 0 Å². The number of imidazole rings is 1. The SMILES string of the molecule is CCOC(=O)c1nn(CCC(C)C)c2c1CN(Cc1ncc[nH]1)CC2. The first-order valence-corrected chi connectivity index (χ1v) is 9.04. The number of hydrogen-bond donors (Lipinski definition) is 1. The second-order valence-corrected chi connectivity index (χ2v) is 6.90. The number of aromatic amines is 1. The average Bonchev–Trinajstić information content (AvgIpc) is 3.20. The molecule has 7 nitrogen and oxygen atoms in total. The molecule has 0 bridgehead atoms. The van der Waals surface area contributed by atoms with Crippen LogP contribution >= 0.6 is 0 Å². The van der Waals surface area contributed by atoms with Crippen molar-refractivity contribution < 1.29 is 9.53 Å². The van der Waals surface area contributed by atoms with E-state index in [-0.39, 0.29) is 5.97 Å². The van der Waals surface area contributed by atoms with Gasteiger partial charge in [-0.05, 0) is 19.3 Å². The van der Waals surface area contributed by atoms with Crippen molar-refractivity contribution in [3.05, 3.63) is 35.2 Å². The largest absolute Gasteiger partial charge is 0.461 e. The Morgan fingerprint density at radius 1 is 1.44 bits per heavy atom. The van der Waals surface area contributed by atoms with Gasteiger partial charge in [-0.15, -0.1) is 0 Å². The van der Waals surface area contributed by atoms with Crippen molar-refractivity contribution in [2.24, 2.45) is 5.92 Å². The highest BCUT2D eigenvalue weighted by Crippen LogP contribution is 2.25. The summed E-state index contributed by atoms with van der Waals surface area (Å²) < 4.78 is 7.24. The molecule has 0 aliphatic carbocycles. The van der Waals surface area contributed by atoms with Gasteiger partial charge in [0.15, 0.2) is 5.69 Å². The van der Waals surface area contributed by atoms with Gasteiger partial charge in [0.2, 0.25) is 0 Å². The minimum Gasteiger partial charge on any atom is -0.461 e. The minimum absolute atomic E-state index is 0.318. The zero-order valence-electron chi connectivity index (χ0n) is 15.3. The maximum absolute atomic E-state index is 12.4. The van der Waals surface area contributed by atoms with Crippen LogP contribution < -0.4 is 0 Å². The minimum atomic E-state index is -0.318. The maximum atomic E-state index is 12.4. The van der Waals surface area contributed by atoms with Gasteiger partial charge in [-0.2, -0.15) is 5.10 Å². The number of nitrogens with zero attached hydrogens (tertiary/aromatic N) is 4. The number of carbonyl (C=O) groups is 1. The monoisotopic (exact) mass is 345 g/mol. The van der Waals surface area contributed by atoms with E-state index in [4.69, 9.17) is 4.74 Å². The van der Waals surface area contributed by atoms with Gasteiger partial charge in [0, 0.05) is 49.7 Å². The van der Waals surface area contributed by atoms with Crippen LogP contribution in [-0.4, -0.2) is 43.8 Å². The average molecular weight is 345 g/mol. The second-order valence-electron chi connectivity index (χ2n) is 6.90. The predicted octanol–water partition coefficient (Wildman–Crippen LogP) is 2.39. The van der Waals surface area contributed by atoms with Crippen molar-refractivity contribution >= 4 is 5.97 Å². The molecule has 1 aliphatic heterocycles. The third-order valence-electron chi connectivity index (χ3n) is 4.53. The lowest BCUT2D eigenvalue weighted by Crippen LogP contribution is -2.31. The molecule has 0 fully saturated rings. The van der Waals surface area contributed by atoms with Crippen molar-refractivity contribution in [3.8, 4) is 0 Å². The van der Waals surface area contributed by atoms with E-state index in [9.17, 15) is 4.79 Å². The van der Waals surface area contributed by atoms with E-state index in [2.05, 4.69) is 33.8 Å². The predicted molar refractivity (Wildman–Crippen MR) is 94.0 cm³/mol. The molecule has 0 aromatic carbocycles. The van der Waals surface area contributed by atoms with Crippen molar-refractivity contribution in [1.29, 1.82) is 0 Å². The number of rotatable bonds is 7. The number of aromatic nitrogens is 4. The van der Waals surface area contributed by atoms with E-state index >= 15 is 0 Å². The molecule has 0 spiro atoms. The van der Waals surface area contributed by atoms with E-state index in [1.54, 1.807) is 6.20 Å². The maximum Gasteiger partial charge on any atom is 0.359 e. The van der Waals surface area contributed by atoms with Crippen molar-refractivity contribution in [3.63, 3.8) is 0 Å². The Morgan fingerprint density at radius 2 is 2.28 bits per heavy atom. The fraction of sp³-hybridized carbons (Fsp3) is 0.611. The highest BCUT2D eigenvalue weighted by molar-refractivity contribution is 5.89. The Bertz CT molecular complexity index is 705. The first-order chi connectivity index (χ1) is 12.1. The quantitative estimate of drug-likeness (QED) is 0.780. The summed E-state index contributed by atoms with van der Waals surface area (Å²) in [6.07, 6.45) is 5.53. The molecular formula is C18H27N5O2. The summed E-state index contributed by atoms with van der Waals surface area (Å²) in [6, 6.07) is 0. The second kappa shape index (κ2) is 7.82. The van der Waals surface area contributed by atoms with Crippen LogP contribution in [0.2, 0.25) is 0 Å². The van der Waals surface area contributed by atoms with Crippen molar-refractivity contribution in [1.82, 2.24) is 24.6 Å². The molecule has 0 unspecified atom stereocenters. The highest BCUT2D eigenvalue weighted by atomic mass is 16.5. The number of hydrogen-bond acceptors (Lipinski definition) is 5. The third kappa shape index (κ3) is 4.10. The first kappa shape index (κ1) is 17.7. The third-order valence-corrected chi connectivity index (χ3v) is 4.53. The van der Waals surface area contributed by atoms with Crippen LogP contribution in [0, 0.1) is 5.92 Å². The lowest BCUT2D eigenvalue weighted by molar-refractivity contribution is 0.0515. The summed E-state index contributed by atoms with van der Waals surface area (Å²) >= 11 is 0. The van der Waals surface area contributed by atoms with Gasteiger partial charge in [0.25, 0.3) is 0 Å². The molecule has 0 amide bonds. The van der Waals surface area contributed by atoms with Crippen LogP contribution in [0.4, 0.5) is 0 Å². The fourth-order valence-electron chi connectivity index (χ4n) is 3.21. The molecule has 3 heterocycles. The highest BCUT2D eigenvalue weighted by Gasteiger charge is 2.29. The molecule has 3 rings (SSSR count). The van der Waals surface area contributed by atoms with Crippen molar-refractivity contribution in [2.75, 3.05) is 13.2 Å². The number of aryl methyl sites for hydroxylation is 1. The van der Waals surface area contributed by atoms with Crippen LogP contribution in [-0.2, 0) is 30.8 Å². The van der Waals surface area contributed by atoms with Gasteiger partial charge in [0.05, 0.1) is 13.2 Å². The van der Waals surface area contributed by atoms with E-state index in [1.807, 2.05) is 17.8 Å². The molecular weight excluding hydrogens is 318 g/mol. The molecule has 0 saturated heterocycles. The van der Waals surface area contributed by atoms with Crippen LogP contribution in [0.5, 0.6) is 0 Å². The summed E-state index contributed by atoms with van der Waals surface area (Å²) in [4.78, 5) is 22.1. The number of fused-ring (bicyclic) bond motifs is 1. The zero-order valence-corrected chi connectivity index (χ0v) is 15.3. The smallest absolute Gasteiger partial charge is 0.359 e. The Kier molecular flexibility index (Phi) is 5.53. The van der Waals surface area contributed by atoms with Gasteiger partial charge in [-0.1, -0.05) is 13.8 Å².